The zero-order valence-electron chi connectivity index (χ0n) is 16.5. The Morgan fingerprint density at radius 3 is 2.74 bits per heavy atom. The van der Waals surface area contributed by atoms with Gasteiger partial charge in [-0.3, -0.25) is 0 Å². The van der Waals surface area contributed by atoms with E-state index < -0.39 is 5.60 Å². The number of furan rings is 1. The molecule has 4 heteroatoms. The summed E-state index contributed by atoms with van der Waals surface area (Å²) in [5.74, 6) is 2.16. The van der Waals surface area contributed by atoms with Crippen LogP contribution in [-0.4, -0.2) is 22.1 Å². The zero-order chi connectivity index (χ0) is 18.7. The Kier molecular flexibility index (Phi) is 3.34. The van der Waals surface area contributed by atoms with Gasteiger partial charge in [0.15, 0.2) is 0 Å². The molecule has 9 atom stereocenters. The highest BCUT2D eigenvalue weighted by Crippen LogP contribution is 2.79. The second kappa shape index (κ2) is 5.17. The minimum atomic E-state index is -0.811. The van der Waals surface area contributed by atoms with Gasteiger partial charge in [-0.15, -0.1) is 0 Å². The molecule has 1 spiro atoms. The van der Waals surface area contributed by atoms with Crippen LogP contribution < -0.4 is 0 Å². The van der Waals surface area contributed by atoms with Gasteiger partial charge < -0.3 is 14.3 Å². The number of rotatable bonds is 1. The van der Waals surface area contributed by atoms with Crippen molar-refractivity contribution in [3.8, 4) is 0 Å². The summed E-state index contributed by atoms with van der Waals surface area (Å²) < 4.78 is 11.9. The lowest BCUT2D eigenvalue weighted by Gasteiger charge is -2.61. The Hall–Kier alpha value is -0.450. The van der Waals surface area contributed by atoms with Crippen molar-refractivity contribution >= 4 is 12.6 Å². The van der Waals surface area contributed by atoms with E-state index >= 15 is 0 Å². The number of hydrogen-bond donors (Lipinski definition) is 2. The minimum absolute atomic E-state index is 0.117. The highest BCUT2D eigenvalue weighted by Gasteiger charge is 2.84. The van der Waals surface area contributed by atoms with Gasteiger partial charge in [-0.1, -0.05) is 13.8 Å². The van der Waals surface area contributed by atoms with E-state index in [1.165, 1.54) is 38.5 Å². The average molecular weight is 389 g/mol. The van der Waals surface area contributed by atoms with Crippen LogP contribution in [0.1, 0.15) is 70.8 Å². The number of ether oxygens (including phenoxy) is 1. The normalized spacial score (nSPS) is 58.7. The standard InChI is InChI=1S/C23H32O3S/c1-20-8-5-16(27)11-14(20)3-4-18-17(20)6-9-21(2)22(24,15-7-10-25-13-15)12-19-23(18,21)26-19/h7,10,13-14,16-19,24,27H,3-6,8-9,11-12H2,1-2H3/t14?,16?,17-,18-,19?,20+,21-,22?,23+/m1/s1. The van der Waals surface area contributed by atoms with Crippen molar-refractivity contribution in [1.29, 1.82) is 0 Å². The van der Waals surface area contributed by atoms with Gasteiger partial charge in [0.05, 0.1) is 18.6 Å². The maximum Gasteiger partial charge on any atom is 0.106 e. The Balaban J connectivity index is 1.40. The second-order valence-corrected chi connectivity index (χ2v) is 11.5. The summed E-state index contributed by atoms with van der Waals surface area (Å²) in [6.45, 7) is 4.88. The van der Waals surface area contributed by atoms with E-state index in [0.717, 1.165) is 30.2 Å². The molecule has 27 heavy (non-hydrogen) atoms. The molecule has 1 saturated heterocycles. The lowest BCUT2D eigenvalue weighted by Crippen LogP contribution is -2.61. The molecule has 0 aromatic carbocycles. The van der Waals surface area contributed by atoms with Crippen LogP contribution in [0.4, 0.5) is 0 Å². The van der Waals surface area contributed by atoms with E-state index in [1.54, 1.807) is 12.5 Å². The third-order valence-corrected chi connectivity index (χ3v) is 10.7. The third-order valence-electron chi connectivity index (χ3n) is 10.2. The predicted octanol–water partition coefficient (Wildman–Crippen LogP) is 4.94. The smallest absolute Gasteiger partial charge is 0.106 e. The summed E-state index contributed by atoms with van der Waals surface area (Å²) in [7, 11) is 0. The van der Waals surface area contributed by atoms with Gasteiger partial charge in [0, 0.05) is 22.6 Å². The molecular formula is C23H32O3S. The van der Waals surface area contributed by atoms with Crippen LogP contribution in [0.2, 0.25) is 0 Å². The number of epoxide rings is 1. The summed E-state index contributed by atoms with van der Waals surface area (Å²) >= 11 is 4.82. The molecule has 5 fully saturated rings. The van der Waals surface area contributed by atoms with Gasteiger partial charge in [0.25, 0.3) is 0 Å². The van der Waals surface area contributed by atoms with Crippen molar-refractivity contribution in [3.63, 3.8) is 0 Å². The Morgan fingerprint density at radius 1 is 1.11 bits per heavy atom. The first-order valence-corrected chi connectivity index (χ1v) is 11.5. The lowest BCUT2D eigenvalue weighted by molar-refractivity contribution is -0.189. The Labute approximate surface area is 167 Å². The predicted molar refractivity (Wildman–Crippen MR) is 107 cm³/mol. The van der Waals surface area contributed by atoms with E-state index in [4.69, 9.17) is 21.8 Å². The summed E-state index contributed by atoms with van der Waals surface area (Å²) in [5.41, 5.74) is 0.251. The second-order valence-electron chi connectivity index (χ2n) is 10.8. The van der Waals surface area contributed by atoms with Crippen LogP contribution in [0.15, 0.2) is 23.0 Å². The molecule has 148 valence electrons. The summed E-state index contributed by atoms with van der Waals surface area (Å²) in [6.07, 6.45) is 13.1. The van der Waals surface area contributed by atoms with Crippen LogP contribution >= 0.6 is 12.6 Å². The van der Waals surface area contributed by atoms with Crippen molar-refractivity contribution in [1.82, 2.24) is 0 Å². The van der Waals surface area contributed by atoms with Crippen molar-refractivity contribution in [2.24, 2.45) is 28.6 Å². The largest absolute Gasteiger partial charge is 0.472 e. The number of aliphatic hydroxyl groups is 1. The van der Waals surface area contributed by atoms with Gasteiger partial charge in [0.1, 0.15) is 11.2 Å². The first-order valence-electron chi connectivity index (χ1n) is 11.0. The molecule has 0 amide bonds. The average Bonchev–Trinajstić information content (AvgIpc) is 3.03. The van der Waals surface area contributed by atoms with E-state index in [1.807, 2.05) is 6.07 Å². The van der Waals surface area contributed by atoms with E-state index in [-0.39, 0.29) is 17.1 Å². The first-order chi connectivity index (χ1) is 12.9. The topological polar surface area (TPSA) is 45.9 Å². The quantitative estimate of drug-likeness (QED) is 0.529. The number of fused-ring (bicyclic) bond motifs is 3. The maximum atomic E-state index is 11.9. The minimum Gasteiger partial charge on any atom is -0.472 e. The molecule has 3 nitrogen and oxygen atoms in total. The highest BCUT2D eigenvalue weighted by molar-refractivity contribution is 7.80. The van der Waals surface area contributed by atoms with Crippen molar-refractivity contribution in [3.05, 3.63) is 24.2 Å². The SMILES string of the molecule is C[C@]12CCC(S)CC1CC[C@@H]1[C@H]2CC[C@]2(C)C(O)(c3ccoc3)CC3O[C@]312. The monoisotopic (exact) mass is 388 g/mol. The van der Waals surface area contributed by atoms with Gasteiger partial charge in [-0.05, 0) is 74.2 Å². The van der Waals surface area contributed by atoms with Gasteiger partial charge >= 0.3 is 0 Å². The molecule has 1 aliphatic heterocycles. The fourth-order valence-electron chi connectivity index (χ4n) is 8.63. The van der Waals surface area contributed by atoms with E-state index in [0.29, 0.717) is 16.6 Å². The van der Waals surface area contributed by atoms with Crippen LogP contribution in [0.3, 0.4) is 0 Å². The van der Waals surface area contributed by atoms with E-state index in [9.17, 15) is 5.11 Å². The highest BCUT2D eigenvalue weighted by atomic mass is 32.1. The molecule has 1 N–H and O–H groups in total. The first kappa shape index (κ1) is 17.4. The molecule has 1 aromatic heterocycles. The van der Waals surface area contributed by atoms with Crippen LogP contribution in [0.25, 0.3) is 0 Å². The third kappa shape index (κ3) is 1.85. The van der Waals surface area contributed by atoms with Crippen molar-refractivity contribution in [2.45, 2.75) is 87.8 Å². The Morgan fingerprint density at radius 2 is 1.96 bits per heavy atom. The molecule has 6 rings (SSSR count). The van der Waals surface area contributed by atoms with Crippen molar-refractivity contribution in [2.75, 3.05) is 0 Å². The van der Waals surface area contributed by atoms with Crippen LogP contribution in [0, 0.1) is 28.6 Å². The van der Waals surface area contributed by atoms with Crippen LogP contribution in [-0.2, 0) is 10.3 Å². The molecule has 0 radical (unpaired) electrons. The van der Waals surface area contributed by atoms with Gasteiger partial charge in [-0.25, -0.2) is 0 Å². The maximum absolute atomic E-state index is 11.9. The number of hydrogen-bond acceptors (Lipinski definition) is 4. The Bertz CT molecular complexity index is 764. The molecular weight excluding hydrogens is 356 g/mol. The van der Waals surface area contributed by atoms with Crippen LogP contribution in [0.5, 0.6) is 0 Å². The molecule has 4 saturated carbocycles. The summed E-state index contributed by atoms with van der Waals surface area (Å²) in [6, 6.07) is 1.96. The molecule has 4 unspecified atom stereocenters. The van der Waals surface area contributed by atoms with Gasteiger partial charge in [-0.2, -0.15) is 12.6 Å². The van der Waals surface area contributed by atoms with E-state index in [2.05, 4.69) is 13.8 Å². The molecule has 0 bridgehead atoms. The van der Waals surface area contributed by atoms with Gasteiger partial charge in [0.2, 0.25) is 0 Å². The van der Waals surface area contributed by atoms with Crippen molar-refractivity contribution < 1.29 is 14.3 Å². The molecule has 1 aromatic rings. The molecule has 5 aliphatic rings. The summed E-state index contributed by atoms with van der Waals surface area (Å²) in [5, 5.41) is 12.5. The fourth-order valence-corrected chi connectivity index (χ4v) is 9.02. The molecule has 2 heterocycles. The zero-order valence-corrected chi connectivity index (χ0v) is 17.4. The lowest BCUT2D eigenvalue weighted by atomic mass is 9.43. The fraction of sp³-hybridized carbons (Fsp3) is 0.826. The summed E-state index contributed by atoms with van der Waals surface area (Å²) in [4.78, 5) is 0. The molecule has 4 aliphatic carbocycles. The number of thiol groups is 1.